The molecule has 0 aromatic carbocycles. The Labute approximate surface area is 80.5 Å². The van der Waals surface area contributed by atoms with Gasteiger partial charge in [-0.15, -0.1) is 0 Å². The Morgan fingerprint density at radius 3 is 2.92 bits per heavy atom. The third-order valence-electron chi connectivity index (χ3n) is 2.76. The second-order valence-electron chi connectivity index (χ2n) is 3.75. The van der Waals surface area contributed by atoms with Gasteiger partial charge >= 0.3 is 0 Å². The van der Waals surface area contributed by atoms with E-state index >= 15 is 0 Å². The van der Waals surface area contributed by atoms with E-state index in [-0.39, 0.29) is 5.91 Å². The van der Waals surface area contributed by atoms with Gasteiger partial charge < -0.3 is 10.2 Å². The van der Waals surface area contributed by atoms with E-state index in [1.807, 2.05) is 11.9 Å². The predicted molar refractivity (Wildman–Crippen MR) is 53.6 cm³/mol. The number of nitrogens with one attached hydrogen (secondary N) is 1. The van der Waals surface area contributed by atoms with Gasteiger partial charge in [-0.1, -0.05) is 0 Å². The highest BCUT2D eigenvalue weighted by atomic mass is 16.2. The maximum absolute atomic E-state index is 11.3. The average molecular weight is 184 g/mol. The molecular weight excluding hydrogens is 164 g/mol. The number of hydrogen-bond donors (Lipinski definition) is 1. The van der Waals surface area contributed by atoms with Crippen molar-refractivity contribution in [2.45, 2.75) is 38.6 Å². The molecule has 0 aliphatic carbocycles. The Morgan fingerprint density at radius 1 is 1.54 bits per heavy atom. The zero-order chi connectivity index (χ0) is 9.68. The minimum absolute atomic E-state index is 0.237. The molecule has 1 aliphatic heterocycles. The van der Waals surface area contributed by atoms with Gasteiger partial charge in [0.25, 0.3) is 0 Å². The van der Waals surface area contributed by atoms with Crippen molar-refractivity contribution in [1.82, 2.24) is 10.2 Å². The molecule has 1 N–H and O–H groups in total. The van der Waals surface area contributed by atoms with Crippen LogP contribution in [0, 0.1) is 0 Å². The van der Waals surface area contributed by atoms with Crippen LogP contribution in [0.2, 0.25) is 0 Å². The predicted octanol–water partition coefficient (Wildman–Crippen LogP) is 0.997. The summed E-state index contributed by atoms with van der Waals surface area (Å²) in [4.78, 5) is 13.3. The molecule has 0 spiro atoms. The van der Waals surface area contributed by atoms with E-state index in [0.29, 0.717) is 6.04 Å². The van der Waals surface area contributed by atoms with Crippen molar-refractivity contribution in [3.8, 4) is 0 Å². The molecule has 76 valence electrons. The summed E-state index contributed by atoms with van der Waals surface area (Å²) in [6.07, 6.45) is 4.73. The molecule has 3 heteroatoms. The molecule has 1 unspecified atom stereocenters. The molecule has 0 radical (unpaired) electrons. The van der Waals surface area contributed by atoms with Crippen molar-refractivity contribution in [2.75, 3.05) is 20.1 Å². The summed E-state index contributed by atoms with van der Waals surface area (Å²) in [5.74, 6) is 0.237. The van der Waals surface area contributed by atoms with Gasteiger partial charge in [-0.25, -0.2) is 0 Å². The van der Waals surface area contributed by atoms with E-state index < -0.39 is 0 Å². The molecule has 3 nitrogen and oxygen atoms in total. The minimum Gasteiger partial charge on any atom is -0.340 e. The summed E-state index contributed by atoms with van der Waals surface area (Å²) in [7, 11) is 1.96. The van der Waals surface area contributed by atoms with Crippen molar-refractivity contribution >= 4 is 5.91 Å². The molecule has 0 bridgehead atoms. The smallest absolute Gasteiger partial charge is 0.219 e. The molecule has 1 fully saturated rings. The highest BCUT2D eigenvalue weighted by Gasteiger charge is 2.23. The molecular formula is C10H20N2O. The topological polar surface area (TPSA) is 32.3 Å². The lowest BCUT2D eigenvalue weighted by Gasteiger charge is -2.35. The van der Waals surface area contributed by atoms with Gasteiger partial charge in [0.15, 0.2) is 0 Å². The van der Waals surface area contributed by atoms with Crippen LogP contribution in [0.4, 0.5) is 0 Å². The molecule has 1 rings (SSSR count). The average Bonchev–Trinajstić information content (AvgIpc) is 2.15. The maximum Gasteiger partial charge on any atom is 0.219 e. The normalized spacial score (nSPS) is 23.2. The minimum atomic E-state index is 0.237. The molecule has 0 aromatic rings. The van der Waals surface area contributed by atoms with Crippen LogP contribution in [-0.2, 0) is 4.79 Å². The number of rotatable bonds is 3. The molecule has 1 atom stereocenters. The highest BCUT2D eigenvalue weighted by molar-refractivity contribution is 5.73. The zero-order valence-corrected chi connectivity index (χ0v) is 8.68. The highest BCUT2D eigenvalue weighted by Crippen LogP contribution is 2.19. The Morgan fingerprint density at radius 2 is 2.31 bits per heavy atom. The van der Waals surface area contributed by atoms with Crippen LogP contribution < -0.4 is 5.32 Å². The summed E-state index contributed by atoms with van der Waals surface area (Å²) in [6, 6.07) is 0.485. The van der Waals surface area contributed by atoms with Gasteiger partial charge in [0.2, 0.25) is 5.91 Å². The van der Waals surface area contributed by atoms with Gasteiger partial charge in [0, 0.05) is 19.5 Å². The van der Waals surface area contributed by atoms with Crippen LogP contribution in [0.5, 0.6) is 0 Å². The lowest BCUT2D eigenvalue weighted by atomic mass is 9.99. The Kier molecular flexibility index (Phi) is 4.22. The first-order chi connectivity index (χ1) is 6.25. The van der Waals surface area contributed by atoms with Crippen LogP contribution in [0.15, 0.2) is 0 Å². The molecule has 1 saturated heterocycles. The summed E-state index contributed by atoms with van der Waals surface area (Å²) in [5, 5.41) is 3.14. The van der Waals surface area contributed by atoms with Crippen LogP contribution in [0.3, 0.4) is 0 Å². The van der Waals surface area contributed by atoms with Crippen LogP contribution in [0.1, 0.15) is 32.6 Å². The van der Waals surface area contributed by atoms with Gasteiger partial charge in [0.1, 0.15) is 0 Å². The van der Waals surface area contributed by atoms with Crippen molar-refractivity contribution in [1.29, 1.82) is 0 Å². The number of hydrogen-bond acceptors (Lipinski definition) is 2. The summed E-state index contributed by atoms with van der Waals surface area (Å²) >= 11 is 0. The zero-order valence-electron chi connectivity index (χ0n) is 8.68. The molecule has 13 heavy (non-hydrogen) atoms. The molecule has 0 aromatic heterocycles. The standard InChI is InChI=1S/C10H20N2O/c1-9(13)12-8-4-3-5-10(12)6-7-11-2/h10-11H,3-8H2,1-2H3. The van der Waals surface area contributed by atoms with E-state index in [9.17, 15) is 4.79 Å². The summed E-state index contributed by atoms with van der Waals surface area (Å²) in [6.45, 7) is 3.65. The molecule has 1 aliphatic rings. The molecule has 1 amide bonds. The van der Waals surface area contributed by atoms with Crippen molar-refractivity contribution in [3.63, 3.8) is 0 Å². The number of likely N-dealkylation sites (tertiary alicyclic amines) is 1. The van der Waals surface area contributed by atoms with Gasteiger partial charge in [0.05, 0.1) is 0 Å². The number of carbonyl (C=O) groups excluding carboxylic acids is 1. The van der Waals surface area contributed by atoms with E-state index in [1.165, 1.54) is 19.3 Å². The Balaban J connectivity index is 2.41. The fourth-order valence-corrected chi connectivity index (χ4v) is 2.03. The number of amides is 1. The third kappa shape index (κ3) is 2.99. The molecule has 1 heterocycles. The van der Waals surface area contributed by atoms with Crippen molar-refractivity contribution in [3.05, 3.63) is 0 Å². The van der Waals surface area contributed by atoms with Gasteiger partial charge in [-0.3, -0.25) is 4.79 Å². The first-order valence-electron chi connectivity index (χ1n) is 5.17. The fourth-order valence-electron chi connectivity index (χ4n) is 2.03. The lowest BCUT2D eigenvalue weighted by molar-refractivity contribution is -0.132. The number of carbonyl (C=O) groups is 1. The van der Waals surface area contributed by atoms with E-state index in [2.05, 4.69) is 5.32 Å². The van der Waals surface area contributed by atoms with Crippen LogP contribution >= 0.6 is 0 Å². The second kappa shape index (κ2) is 5.22. The van der Waals surface area contributed by atoms with E-state index in [4.69, 9.17) is 0 Å². The maximum atomic E-state index is 11.3. The SMILES string of the molecule is CNCCC1CCCCN1C(C)=O. The monoisotopic (exact) mass is 184 g/mol. The van der Waals surface area contributed by atoms with E-state index in [1.54, 1.807) is 6.92 Å². The van der Waals surface area contributed by atoms with E-state index in [0.717, 1.165) is 19.5 Å². The largest absolute Gasteiger partial charge is 0.340 e. The third-order valence-corrected chi connectivity index (χ3v) is 2.76. The van der Waals surface area contributed by atoms with Gasteiger partial charge in [-0.2, -0.15) is 0 Å². The van der Waals surface area contributed by atoms with Crippen LogP contribution in [0.25, 0.3) is 0 Å². The number of nitrogens with zero attached hydrogens (tertiary/aromatic N) is 1. The lowest BCUT2D eigenvalue weighted by Crippen LogP contribution is -2.43. The first-order valence-corrected chi connectivity index (χ1v) is 5.17. The fraction of sp³-hybridized carbons (Fsp3) is 0.900. The molecule has 0 saturated carbocycles. The Hall–Kier alpha value is -0.570. The van der Waals surface area contributed by atoms with Crippen molar-refractivity contribution in [2.24, 2.45) is 0 Å². The van der Waals surface area contributed by atoms with Gasteiger partial charge in [-0.05, 0) is 39.3 Å². The first kappa shape index (κ1) is 10.5. The second-order valence-corrected chi connectivity index (χ2v) is 3.75. The Bertz CT molecular complexity index is 170. The van der Waals surface area contributed by atoms with Crippen LogP contribution in [-0.4, -0.2) is 37.0 Å². The van der Waals surface area contributed by atoms with Crippen molar-refractivity contribution < 1.29 is 4.79 Å². The summed E-state index contributed by atoms with van der Waals surface area (Å²) < 4.78 is 0. The summed E-state index contributed by atoms with van der Waals surface area (Å²) in [5.41, 5.74) is 0. The quantitative estimate of drug-likeness (QED) is 0.709. The number of piperidine rings is 1.